The highest BCUT2D eigenvalue weighted by atomic mass is 31.1. The van der Waals surface area contributed by atoms with Gasteiger partial charge in [-0.05, 0) is 40.1 Å². The molecule has 1 N–H and O–H groups in total. The average Bonchev–Trinajstić information content (AvgIpc) is 3.09. The van der Waals surface area contributed by atoms with Gasteiger partial charge in [0.25, 0.3) is 0 Å². The van der Waals surface area contributed by atoms with E-state index in [0.29, 0.717) is 17.7 Å². The van der Waals surface area contributed by atoms with E-state index in [0.717, 1.165) is 45.2 Å². The molecule has 0 saturated heterocycles. The van der Waals surface area contributed by atoms with Crippen molar-refractivity contribution in [1.29, 1.82) is 0 Å². The fraction of sp³-hybridized carbons (Fsp3) is 0.267. The lowest BCUT2D eigenvalue weighted by Gasteiger charge is -2.14. The number of ether oxygens (including phenoxy) is 1. The molecule has 0 fully saturated rings. The SMILES string of the molecule is CCCCNC(=O)C[C@@H](CC(=O)OC)Op1oc2ccc3ccccc3c2c2c(ccc3ccccc32)o1. The van der Waals surface area contributed by atoms with E-state index in [9.17, 15) is 9.59 Å². The first-order valence-corrected chi connectivity index (χ1v) is 13.9. The Morgan fingerprint density at radius 3 is 1.97 bits per heavy atom. The highest BCUT2D eigenvalue weighted by Gasteiger charge is 2.23. The van der Waals surface area contributed by atoms with Crippen molar-refractivity contribution in [3.8, 4) is 0 Å². The average molecular weight is 532 g/mol. The smallest absolute Gasteiger partial charge is 0.387 e. The number of benzene rings is 4. The van der Waals surface area contributed by atoms with Gasteiger partial charge in [0.1, 0.15) is 11.2 Å². The number of hydrogen-bond acceptors (Lipinski definition) is 6. The van der Waals surface area contributed by atoms with Gasteiger partial charge < -0.3 is 18.4 Å². The molecule has 5 rings (SSSR count). The zero-order valence-corrected chi connectivity index (χ0v) is 22.3. The summed E-state index contributed by atoms with van der Waals surface area (Å²) in [4.78, 5) is 24.7. The third-order valence-corrected chi connectivity index (χ3v) is 7.66. The van der Waals surface area contributed by atoms with Crippen LogP contribution in [0.1, 0.15) is 32.6 Å². The van der Waals surface area contributed by atoms with Gasteiger partial charge >= 0.3 is 14.2 Å². The van der Waals surface area contributed by atoms with E-state index in [-0.39, 0.29) is 18.7 Å². The minimum atomic E-state index is -1.99. The fourth-order valence-electron chi connectivity index (χ4n) is 4.61. The summed E-state index contributed by atoms with van der Waals surface area (Å²) in [6, 6.07) is 24.1. The molecule has 0 spiro atoms. The maximum absolute atomic E-state index is 12.6. The van der Waals surface area contributed by atoms with Crippen molar-refractivity contribution in [2.45, 2.75) is 38.7 Å². The molecule has 1 amide bonds. The zero-order valence-electron chi connectivity index (χ0n) is 21.4. The Hall–Kier alpha value is -3.80. The van der Waals surface area contributed by atoms with E-state index in [1.165, 1.54) is 7.11 Å². The molecule has 0 aliphatic heterocycles. The molecular weight excluding hydrogens is 501 g/mol. The Morgan fingerprint density at radius 2 is 1.42 bits per heavy atom. The lowest BCUT2D eigenvalue weighted by molar-refractivity contribution is -0.142. The molecule has 0 unspecified atom stereocenters. The summed E-state index contributed by atoms with van der Waals surface area (Å²) in [5.41, 5.74) is 1.24. The van der Waals surface area contributed by atoms with Crippen molar-refractivity contribution < 1.29 is 27.2 Å². The monoisotopic (exact) mass is 531 g/mol. The largest absolute Gasteiger partial charge is 0.469 e. The van der Waals surface area contributed by atoms with Gasteiger partial charge in [0.15, 0.2) is 0 Å². The van der Waals surface area contributed by atoms with Gasteiger partial charge in [-0.2, -0.15) is 0 Å². The minimum Gasteiger partial charge on any atom is -0.469 e. The molecule has 7 nitrogen and oxygen atoms in total. The normalized spacial score (nSPS) is 12.2. The van der Waals surface area contributed by atoms with E-state index in [1.807, 2.05) is 48.5 Å². The first-order valence-electron chi connectivity index (χ1n) is 12.8. The summed E-state index contributed by atoms with van der Waals surface area (Å²) in [6.07, 6.45) is 0.958. The van der Waals surface area contributed by atoms with Crippen LogP contribution in [0, 0.1) is 0 Å². The first-order chi connectivity index (χ1) is 18.6. The molecule has 0 bridgehead atoms. The van der Waals surface area contributed by atoms with Crippen molar-refractivity contribution >= 4 is 63.6 Å². The summed E-state index contributed by atoms with van der Waals surface area (Å²) in [5.74, 6) is -0.672. The van der Waals surface area contributed by atoms with Crippen molar-refractivity contribution in [3.05, 3.63) is 72.8 Å². The van der Waals surface area contributed by atoms with Crippen LogP contribution in [0.4, 0.5) is 0 Å². The molecule has 38 heavy (non-hydrogen) atoms. The van der Waals surface area contributed by atoms with Crippen LogP contribution < -0.4 is 9.84 Å². The lowest BCUT2D eigenvalue weighted by Crippen LogP contribution is -2.31. The maximum atomic E-state index is 12.6. The number of rotatable bonds is 9. The molecule has 0 aliphatic carbocycles. The van der Waals surface area contributed by atoms with Crippen LogP contribution in [-0.2, 0) is 14.3 Å². The quantitative estimate of drug-likeness (QED) is 0.159. The molecule has 0 radical (unpaired) electrons. The second-order valence-corrected chi connectivity index (χ2v) is 10.2. The van der Waals surface area contributed by atoms with Crippen molar-refractivity contribution in [2.75, 3.05) is 13.7 Å². The van der Waals surface area contributed by atoms with Crippen molar-refractivity contribution in [3.63, 3.8) is 0 Å². The van der Waals surface area contributed by atoms with E-state index in [2.05, 4.69) is 36.5 Å². The first kappa shape index (κ1) is 25.8. The van der Waals surface area contributed by atoms with Crippen LogP contribution in [0.15, 0.2) is 81.2 Å². The Kier molecular flexibility index (Phi) is 7.97. The number of carbonyl (C=O) groups is 2. The predicted octanol–water partition coefficient (Wildman–Crippen LogP) is 7.26. The number of esters is 1. The number of hydrogen-bond donors (Lipinski definition) is 1. The third-order valence-electron chi connectivity index (χ3n) is 6.50. The van der Waals surface area contributed by atoms with Gasteiger partial charge in [0.2, 0.25) is 5.91 Å². The molecule has 8 heteroatoms. The summed E-state index contributed by atoms with van der Waals surface area (Å²) in [7, 11) is -0.679. The van der Waals surface area contributed by atoms with Gasteiger partial charge in [-0.25, -0.2) is 0 Å². The third kappa shape index (κ3) is 5.54. The van der Waals surface area contributed by atoms with Gasteiger partial charge in [0, 0.05) is 17.3 Å². The predicted molar refractivity (Wildman–Crippen MR) is 151 cm³/mol. The topological polar surface area (TPSA) is 90.9 Å². The van der Waals surface area contributed by atoms with Crippen molar-refractivity contribution in [1.82, 2.24) is 5.32 Å². The van der Waals surface area contributed by atoms with Crippen LogP contribution in [0.3, 0.4) is 0 Å². The number of amides is 1. The molecule has 0 aliphatic rings. The minimum absolute atomic E-state index is 0.0144. The Bertz CT molecular complexity index is 1560. The summed E-state index contributed by atoms with van der Waals surface area (Å²) in [5, 5.41) is 8.94. The Balaban J connectivity index is 1.67. The highest BCUT2D eigenvalue weighted by Crippen LogP contribution is 2.40. The van der Waals surface area contributed by atoms with E-state index in [1.54, 1.807) is 0 Å². The summed E-state index contributed by atoms with van der Waals surface area (Å²) in [6.45, 7) is 2.63. The zero-order chi connectivity index (χ0) is 26.5. The molecule has 4 aromatic carbocycles. The second-order valence-electron chi connectivity index (χ2n) is 9.14. The standard InChI is InChI=1S/C30H30NO6P/c1-3-4-17-31-27(32)18-22(19-28(33)34-2)35-38-36-25-15-13-20-9-5-7-11-23(20)29(25)30-24-12-8-6-10-21(24)14-16-26(30)37-38/h5-16,22H,3-4,17-19H2,1-2H3,(H,31,32)/t22-/m0/s1. The number of methoxy groups -OCH3 is 1. The van der Waals surface area contributed by atoms with E-state index < -0.39 is 20.3 Å². The van der Waals surface area contributed by atoms with E-state index >= 15 is 0 Å². The van der Waals surface area contributed by atoms with Crippen LogP contribution >= 0.6 is 8.24 Å². The van der Waals surface area contributed by atoms with Gasteiger partial charge in [0.05, 0.1) is 26.1 Å². The number of fused-ring (bicyclic) bond motifs is 7. The molecule has 1 atom stereocenters. The molecule has 5 aromatic rings. The molecule has 0 saturated carbocycles. The highest BCUT2D eigenvalue weighted by molar-refractivity contribution is 7.31. The van der Waals surface area contributed by atoms with Gasteiger partial charge in [-0.3, -0.25) is 14.1 Å². The van der Waals surface area contributed by atoms with Gasteiger partial charge in [-0.15, -0.1) is 0 Å². The Labute approximate surface area is 221 Å². The van der Waals surface area contributed by atoms with E-state index in [4.69, 9.17) is 17.7 Å². The fourth-order valence-corrected chi connectivity index (χ4v) is 5.76. The summed E-state index contributed by atoms with van der Waals surface area (Å²) < 4.78 is 23.8. The molecule has 1 aromatic heterocycles. The van der Waals surface area contributed by atoms with Crippen LogP contribution in [-0.4, -0.2) is 31.6 Å². The number of carbonyl (C=O) groups excluding carboxylic acids is 2. The van der Waals surface area contributed by atoms with Crippen LogP contribution in [0.2, 0.25) is 0 Å². The molecule has 196 valence electrons. The summed E-state index contributed by atoms with van der Waals surface area (Å²) >= 11 is 0. The van der Waals surface area contributed by atoms with Crippen LogP contribution in [0.5, 0.6) is 0 Å². The Morgan fingerprint density at radius 1 is 0.842 bits per heavy atom. The van der Waals surface area contributed by atoms with Crippen molar-refractivity contribution in [2.24, 2.45) is 0 Å². The van der Waals surface area contributed by atoms with Crippen LogP contribution in [0.25, 0.3) is 43.5 Å². The molecular formula is C30H30NO6P. The number of nitrogens with one attached hydrogen (secondary N) is 1. The molecule has 1 heterocycles. The van der Waals surface area contributed by atoms with Gasteiger partial charge in [-0.1, -0.05) is 74.0 Å². The second kappa shape index (κ2) is 11.7. The maximum Gasteiger partial charge on any atom is 0.387 e. The lowest BCUT2D eigenvalue weighted by atomic mass is 9.99. The number of unbranched alkanes of at least 4 members (excludes halogenated alkanes) is 1.